The monoisotopic (exact) mass is 460 g/mol. The number of carbonyl (C=O) groups excluding carboxylic acids is 3. The summed E-state index contributed by atoms with van der Waals surface area (Å²) in [5.74, 6) is -1.38. The zero-order valence-electron chi connectivity index (χ0n) is 18.5. The van der Waals surface area contributed by atoms with Crippen LogP contribution in [0.15, 0.2) is 41.3 Å². The highest BCUT2D eigenvalue weighted by atomic mass is 16.7. The van der Waals surface area contributed by atoms with Crippen molar-refractivity contribution < 1.29 is 38.1 Å². The van der Waals surface area contributed by atoms with Crippen molar-refractivity contribution in [3.05, 3.63) is 52.6 Å². The predicted molar refractivity (Wildman–Crippen MR) is 111 cm³/mol. The number of aromatic nitrogens is 2. The molecule has 4 atom stereocenters. The number of esters is 3. The highest BCUT2D eigenvalue weighted by molar-refractivity contribution is 5.68. The Hall–Kier alpha value is -3.73. The molecule has 0 N–H and O–H groups in total. The molecule has 0 spiro atoms. The second kappa shape index (κ2) is 10.3. The fourth-order valence-corrected chi connectivity index (χ4v) is 3.29. The summed E-state index contributed by atoms with van der Waals surface area (Å²) in [6.45, 7) is 5.20. The van der Waals surface area contributed by atoms with E-state index in [-0.39, 0.29) is 12.5 Å². The maximum atomic E-state index is 12.8. The average molecular weight is 460 g/mol. The van der Waals surface area contributed by atoms with Crippen molar-refractivity contribution >= 4 is 17.9 Å². The first-order valence-electron chi connectivity index (χ1n) is 10.1. The Kier molecular flexibility index (Phi) is 7.44. The Balaban J connectivity index is 1.89. The standard InChI is InChI=1S/C22H24N2O9/c1-12-5-7-16(8-6-12)32-18-9-10-24(22(28)23-18)21-20(31-15(4)27)19(30-14(3)26)17(33-21)11-29-13(2)25/h5-10,17,19-21H,11H2,1-4H3/t17-,19-,20-,21-/m1/s1. The summed E-state index contributed by atoms with van der Waals surface area (Å²) >= 11 is 0. The molecular weight excluding hydrogens is 436 g/mol. The summed E-state index contributed by atoms with van der Waals surface area (Å²) in [7, 11) is 0. The van der Waals surface area contributed by atoms with Gasteiger partial charge in [0.2, 0.25) is 5.88 Å². The van der Waals surface area contributed by atoms with Gasteiger partial charge in [-0.25, -0.2) is 4.79 Å². The van der Waals surface area contributed by atoms with Crippen LogP contribution in [0, 0.1) is 6.92 Å². The van der Waals surface area contributed by atoms with E-state index in [9.17, 15) is 19.2 Å². The molecule has 1 saturated heterocycles. The molecule has 1 aliphatic rings. The van der Waals surface area contributed by atoms with Crippen molar-refractivity contribution in [2.24, 2.45) is 0 Å². The Morgan fingerprint density at radius 2 is 1.61 bits per heavy atom. The van der Waals surface area contributed by atoms with Crippen molar-refractivity contribution in [3.63, 3.8) is 0 Å². The first-order chi connectivity index (χ1) is 15.6. The SMILES string of the molecule is CC(=O)OC[C@H]1O[C@@H](n2ccc(Oc3ccc(C)cc3)nc2=O)[C@H](OC(C)=O)[C@@H]1OC(C)=O. The molecule has 176 valence electrons. The normalized spacial score (nSPS) is 21.8. The number of hydrogen-bond donors (Lipinski definition) is 0. The molecule has 0 saturated carbocycles. The third-order valence-electron chi connectivity index (χ3n) is 4.66. The summed E-state index contributed by atoms with van der Waals surface area (Å²) in [5, 5.41) is 0. The number of rotatable bonds is 7. The summed E-state index contributed by atoms with van der Waals surface area (Å²) in [4.78, 5) is 51.3. The highest BCUT2D eigenvalue weighted by Crippen LogP contribution is 2.34. The molecule has 11 nitrogen and oxygen atoms in total. The largest absolute Gasteiger partial charge is 0.463 e. The number of aryl methyl sites for hydroxylation is 1. The third-order valence-corrected chi connectivity index (χ3v) is 4.66. The number of carbonyl (C=O) groups is 3. The topological polar surface area (TPSA) is 132 Å². The van der Waals surface area contributed by atoms with Gasteiger partial charge in [-0.1, -0.05) is 17.7 Å². The van der Waals surface area contributed by atoms with Crippen LogP contribution in [0.2, 0.25) is 0 Å². The summed E-state index contributed by atoms with van der Waals surface area (Å²) in [6.07, 6.45) is -3.12. The summed E-state index contributed by atoms with van der Waals surface area (Å²) < 4.78 is 28.1. The average Bonchev–Trinajstić information content (AvgIpc) is 3.04. The van der Waals surface area contributed by atoms with Crippen LogP contribution in [0.4, 0.5) is 0 Å². The second-order valence-corrected chi connectivity index (χ2v) is 7.39. The number of benzene rings is 1. The third kappa shape index (κ3) is 6.16. The second-order valence-electron chi connectivity index (χ2n) is 7.39. The highest BCUT2D eigenvalue weighted by Gasteiger charge is 2.50. The van der Waals surface area contributed by atoms with Crippen molar-refractivity contribution in [1.29, 1.82) is 0 Å². The van der Waals surface area contributed by atoms with Gasteiger partial charge in [0.1, 0.15) is 18.5 Å². The Bertz CT molecular complexity index is 1080. The van der Waals surface area contributed by atoms with Gasteiger partial charge in [-0.15, -0.1) is 0 Å². The molecule has 33 heavy (non-hydrogen) atoms. The molecule has 1 aromatic heterocycles. The molecule has 0 radical (unpaired) electrons. The first-order valence-corrected chi connectivity index (χ1v) is 10.1. The van der Waals surface area contributed by atoms with E-state index in [0.29, 0.717) is 5.75 Å². The van der Waals surface area contributed by atoms with Crippen LogP contribution < -0.4 is 10.4 Å². The van der Waals surface area contributed by atoms with Gasteiger partial charge < -0.3 is 23.7 Å². The molecule has 3 rings (SSSR count). The molecule has 2 aromatic rings. The van der Waals surface area contributed by atoms with Crippen molar-refractivity contribution in [3.8, 4) is 11.6 Å². The van der Waals surface area contributed by atoms with Gasteiger partial charge in [0.05, 0.1) is 0 Å². The van der Waals surface area contributed by atoms with Gasteiger partial charge in [-0.2, -0.15) is 4.98 Å². The van der Waals surface area contributed by atoms with E-state index in [4.69, 9.17) is 23.7 Å². The Morgan fingerprint density at radius 1 is 0.970 bits per heavy atom. The molecule has 0 unspecified atom stereocenters. The van der Waals surface area contributed by atoms with Gasteiger partial charge >= 0.3 is 23.6 Å². The number of nitrogens with zero attached hydrogens (tertiary/aromatic N) is 2. The van der Waals surface area contributed by atoms with Crippen LogP contribution in [0.3, 0.4) is 0 Å². The molecule has 1 aliphatic heterocycles. The number of hydrogen-bond acceptors (Lipinski definition) is 10. The lowest BCUT2D eigenvalue weighted by Gasteiger charge is -2.23. The van der Waals surface area contributed by atoms with E-state index >= 15 is 0 Å². The minimum absolute atomic E-state index is 0.0511. The maximum absolute atomic E-state index is 12.8. The maximum Gasteiger partial charge on any atom is 0.353 e. The van der Waals surface area contributed by atoms with Gasteiger partial charge in [-0.05, 0) is 19.1 Å². The molecule has 0 amide bonds. The van der Waals surface area contributed by atoms with Crippen LogP contribution in [-0.4, -0.2) is 52.4 Å². The van der Waals surface area contributed by atoms with Crippen LogP contribution in [0.5, 0.6) is 11.6 Å². The summed E-state index contributed by atoms with van der Waals surface area (Å²) in [6, 6.07) is 8.62. The van der Waals surface area contributed by atoms with Crippen molar-refractivity contribution in [2.75, 3.05) is 6.61 Å². The van der Waals surface area contributed by atoms with Gasteiger partial charge in [0, 0.05) is 33.0 Å². The van der Waals surface area contributed by atoms with E-state index in [1.165, 1.54) is 33.0 Å². The number of ether oxygens (including phenoxy) is 5. The van der Waals surface area contributed by atoms with Gasteiger partial charge in [-0.3, -0.25) is 19.0 Å². The summed E-state index contributed by atoms with van der Waals surface area (Å²) in [5.41, 5.74) is 0.294. The van der Waals surface area contributed by atoms with E-state index in [1.54, 1.807) is 12.1 Å². The van der Waals surface area contributed by atoms with Gasteiger partial charge in [0.15, 0.2) is 18.4 Å². The molecule has 0 bridgehead atoms. The van der Waals surface area contributed by atoms with Crippen LogP contribution in [0.25, 0.3) is 0 Å². The van der Waals surface area contributed by atoms with Crippen molar-refractivity contribution in [1.82, 2.24) is 9.55 Å². The van der Waals surface area contributed by atoms with Crippen molar-refractivity contribution in [2.45, 2.75) is 52.2 Å². The lowest BCUT2D eigenvalue weighted by Crippen LogP contribution is -2.41. The smallest absolute Gasteiger partial charge is 0.353 e. The zero-order chi connectivity index (χ0) is 24.1. The first kappa shape index (κ1) is 23.9. The van der Waals surface area contributed by atoms with E-state index in [2.05, 4.69) is 4.98 Å². The quantitative estimate of drug-likeness (QED) is 0.444. The lowest BCUT2D eigenvalue weighted by molar-refractivity contribution is -0.166. The molecule has 2 heterocycles. The van der Waals surface area contributed by atoms with Crippen LogP contribution in [0.1, 0.15) is 32.6 Å². The molecule has 1 fully saturated rings. The zero-order valence-corrected chi connectivity index (χ0v) is 18.5. The van der Waals surface area contributed by atoms with Crippen LogP contribution >= 0.6 is 0 Å². The molecule has 11 heteroatoms. The fraction of sp³-hybridized carbons (Fsp3) is 0.409. The predicted octanol–water partition coefficient (Wildman–Crippen LogP) is 1.67. The van der Waals surface area contributed by atoms with E-state index in [1.807, 2.05) is 19.1 Å². The van der Waals surface area contributed by atoms with E-state index < -0.39 is 48.1 Å². The fourth-order valence-electron chi connectivity index (χ4n) is 3.29. The lowest BCUT2D eigenvalue weighted by atomic mass is 10.1. The van der Waals surface area contributed by atoms with E-state index in [0.717, 1.165) is 10.1 Å². The molecule has 1 aromatic carbocycles. The molecular formula is C22H24N2O9. The molecule has 0 aliphatic carbocycles. The van der Waals surface area contributed by atoms with Gasteiger partial charge in [0.25, 0.3) is 0 Å². The minimum Gasteiger partial charge on any atom is -0.463 e. The Morgan fingerprint density at radius 3 is 2.18 bits per heavy atom. The van der Waals surface area contributed by atoms with Crippen LogP contribution in [-0.2, 0) is 33.3 Å². The minimum atomic E-state index is -1.19. The Labute approximate surface area is 189 Å².